The Morgan fingerprint density at radius 1 is 0.436 bits per heavy atom. The smallest absolute Gasteiger partial charge is 0.448 e. The lowest BCUT2D eigenvalue weighted by atomic mass is 9.86. The van der Waals surface area contributed by atoms with Gasteiger partial charge >= 0.3 is 12.4 Å². The maximum atomic E-state index is 12.2. The minimum atomic E-state index is -4.46. The number of hydrogen-bond acceptors (Lipinski definition) is 9. The highest BCUT2D eigenvalue weighted by molar-refractivity contribution is 7.12. The number of nitriles is 1. The molecule has 1 fully saturated rings. The Balaban J connectivity index is -0.00000106. The number of rotatable bonds is 0. The van der Waals surface area contributed by atoms with Gasteiger partial charge in [0.1, 0.15) is 11.5 Å². The van der Waals surface area contributed by atoms with Gasteiger partial charge in [0.05, 0.1) is 12.3 Å². The second-order valence-corrected chi connectivity index (χ2v) is 38.6. The number of pyridine rings is 3. The molecule has 0 aliphatic heterocycles. The highest BCUT2D eigenvalue weighted by atomic mass is 32.1. The van der Waals surface area contributed by atoms with E-state index < -0.39 is 23.9 Å². The zero-order valence-electron chi connectivity index (χ0n) is 69.8. The molecule has 0 amide bonds. The van der Waals surface area contributed by atoms with Gasteiger partial charge < -0.3 is 4.42 Å². The molecule has 8 rings (SSSR count). The van der Waals surface area contributed by atoms with Crippen LogP contribution in [0.3, 0.4) is 0 Å². The van der Waals surface area contributed by atoms with Crippen molar-refractivity contribution in [3.8, 4) is 6.07 Å². The standard InChI is InChI=1S/C11H16.C10H12F3N.C10H15N.C9H11F3N2.C9H13N.C9H14S.C7H11NO.C7H14.C5H9N.C5H12.C4H10/c1-9-6-5-7-10(8-9)11(2,3)4;1-9(2,3)7-4-5-8(14-6-7)10(11,12)13;1-8-5-9(7-11-6-8)10(2,3)4;1-8(2,3)6-4-13-7(14-5-6)9(10,11)12;1-9(2,3)8-5-4-6-10-7-8;1-7-5-6-8(10-7)9(2,3)4;1-7(2,3)6-4-8-5-9-6;1-7(2,3)6-4-5-6;1-5(2,3)4-6;1-5(2,3)4;1-4(2)3/h5-8H,1-4H3;4-6H,1-3H3;5-7H,1-4H3;4-5H,1-3H3;4-7H,1-3H3;5-6H,1-4H3;4-5H,1-3H3;6H,4-5H2,1-3H3;1-3H3;1-4H3;4H,1-3H3. The Hall–Kier alpha value is -6.27. The van der Waals surface area contributed by atoms with Gasteiger partial charge in [-0.2, -0.15) is 31.6 Å². The molecule has 0 radical (unpaired) electrons. The van der Waals surface area contributed by atoms with E-state index in [9.17, 15) is 26.3 Å². The van der Waals surface area contributed by atoms with Crippen molar-refractivity contribution in [2.45, 2.75) is 319 Å². The first-order chi connectivity index (χ1) is 45.0. The van der Waals surface area contributed by atoms with Gasteiger partial charge in [-0.05, 0) is 167 Å². The Bertz CT molecular complexity index is 3140. The van der Waals surface area contributed by atoms with Crippen LogP contribution in [0.15, 0.2) is 127 Å². The molecule has 570 valence electrons. The Kier molecular flexibility index (Phi) is 41.0. The molecular weight excluding hydrogens is 1290 g/mol. The molecule has 7 aromatic rings. The number of thiophene rings is 1. The molecule has 1 saturated carbocycles. The maximum Gasteiger partial charge on any atom is 0.451 e. The fraction of sp³-hybridized carbons (Fsp3) is 0.616. The zero-order valence-corrected chi connectivity index (χ0v) is 70.6. The van der Waals surface area contributed by atoms with Crippen LogP contribution in [0.2, 0.25) is 0 Å². The molecule has 0 saturated heterocycles. The minimum Gasteiger partial charge on any atom is -0.448 e. The molecular formula is C86H137F6N7OS. The van der Waals surface area contributed by atoms with Gasteiger partial charge in [-0.3, -0.25) is 15.0 Å². The number of aryl methyl sites for hydroxylation is 3. The maximum absolute atomic E-state index is 12.2. The SMILES string of the molecule is CC(C)(C)C.CC(C)(C)C#N.CC(C)(C)C1CC1.CC(C)(C)c1ccc(C(F)(F)F)nc1.CC(C)(C)c1cccnc1.CC(C)(C)c1cnc(C(F)(F)F)nc1.CC(C)(C)c1cnco1.CC(C)C.Cc1ccc(C(C)(C)C)s1.Cc1cccc(C(C)(C)C)c1.Cc1cncc(C(C)(C)C)c1. The van der Waals surface area contributed by atoms with Gasteiger partial charge in [0, 0.05) is 64.0 Å². The molecule has 0 atom stereocenters. The monoisotopic (exact) mass is 1430 g/mol. The average molecular weight is 1430 g/mol. The highest BCUT2D eigenvalue weighted by Crippen LogP contribution is 2.44. The summed E-state index contributed by atoms with van der Waals surface area (Å²) in [6.07, 6.45) is 8.60. The van der Waals surface area contributed by atoms with Gasteiger partial charge in [-0.25, -0.2) is 15.0 Å². The number of oxazole rings is 1. The van der Waals surface area contributed by atoms with E-state index in [-0.39, 0.29) is 37.9 Å². The number of aromatic nitrogens is 6. The van der Waals surface area contributed by atoms with Crippen molar-refractivity contribution in [2.24, 2.45) is 28.1 Å². The second-order valence-electron chi connectivity index (χ2n) is 37.3. The predicted molar refractivity (Wildman–Crippen MR) is 420 cm³/mol. The van der Waals surface area contributed by atoms with Gasteiger partial charge in [0.25, 0.3) is 0 Å². The van der Waals surface area contributed by atoms with Crippen molar-refractivity contribution in [2.75, 3.05) is 0 Å². The third-order valence-corrected chi connectivity index (χ3v) is 15.1. The van der Waals surface area contributed by atoms with Crippen LogP contribution in [-0.4, -0.2) is 29.9 Å². The summed E-state index contributed by atoms with van der Waals surface area (Å²) < 4.78 is 77.8. The number of nitrogens with zero attached hydrogens (tertiary/aromatic N) is 7. The quantitative estimate of drug-likeness (QED) is 0.138. The lowest BCUT2D eigenvalue weighted by molar-refractivity contribution is -0.145. The lowest BCUT2D eigenvalue weighted by Gasteiger charge is -2.19. The molecule has 1 aromatic carbocycles. The first-order valence-electron chi connectivity index (χ1n) is 35.2. The molecule has 0 bridgehead atoms. The van der Waals surface area contributed by atoms with Crippen LogP contribution < -0.4 is 0 Å². The van der Waals surface area contributed by atoms with E-state index in [4.69, 9.17) is 9.68 Å². The van der Waals surface area contributed by atoms with E-state index in [1.165, 1.54) is 81.5 Å². The predicted octanol–water partition coefficient (Wildman–Crippen LogP) is 27.6. The molecule has 0 spiro atoms. The van der Waals surface area contributed by atoms with E-state index in [1.807, 2.05) is 98.3 Å². The van der Waals surface area contributed by atoms with Crippen molar-refractivity contribution >= 4 is 11.3 Å². The van der Waals surface area contributed by atoms with Crippen molar-refractivity contribution < 1.29 is 30.8 Å². The Labute approximate surface area is 616 Å². The van der Waals surface area contributed by atoms with E-state index in [0.29, 0.717) is 21.8 Å². The summed E-state index contributed by atoms with van der Waals surface area (Å²) in [4.78, 5) is 24.9. The van der Waals surface area contributed by atoms with E-state index >= 15 is 0 Å². The molecule has 6 aromatic heterocycles. The van der Waals surface area contributed by atoms with Crippen LogP contribution in [0.25, 0.3) is 0 Å². The number of halogens is 6. The second kappa shape index (κ2) is 41.9. The third-order valence-electron chi connectivity index (χ3n) is 13.6. The first-order valence-corrected chi connectivity index (χ1v) is 36.1. The van der Waals surface area contributed by atoms with Crippen molar-refractivity contribution in [3.63, 3.8) is 0 Å². The largest absolute Gasteiger partial charge is 0.451 e. The van der Waals surface area contributed by atoms with Gasteiger partial charge in [0.2, 0.25) is 5.82 Å². The fourth-order valence-electron chi connectivity index (χ4n) is 7.12. The van der Waals surface area contributed by atoms with Gasteiger partial charge in [-0.15, -0.1) is 11.3 Å². The molecule has 15 heteroatoms. The van der Waals surface area contributed by atoms with E-state index in [0.717, 1.165) is 29.2 Å². The highest BCUT2D eigenvalue weighted by Gasteiger charge is 2.35. The van der Waals surface area contributed by atoms with Crippen LogP contribution in [0.5, 0.6) is 0 Å². The van der Waals surface area contributed by atoms with Crippen LogP contribution in [0.4, 0.5) is 26.3 Å². The Morgan fingerprint density at radius 3 is 1.08 bits per heavy atom. The normalized spacial score (nSPS) is 12.7. The summed E-state index contributed by atoms with van der Waals surface area (Å²) in [5.74, 6) is 1.72. The number of alkyl halides is 6. The number of benzene rings is 1. The molecule has 0 unspecified atom stereocenters. The van der Waals surface area contributed by atoms with Gasteiger partial charge in [0.15, 0.2) is 6.39 Å². The van der Waals surface area contributed by atoms with Crippen molar-refractivity contribution in [3.05, 3.63) is 189 Å². The zero-order chi connectivity index (χ0) is 80.0. The van der Waals surface area contributed by atoms with Gasteiger partial charge in [-0.1, -0.05) is 263 Å². The summed E-state index contributed by atoms with van der Waals surface area (Å²) in [5.41, 5.74) is 8.94. The van der Waals surface area contributed by atoms with E-state index in [1.54, 1.807) is 12.4 Å². The molecule has 1 aliphatic rings. The fourth-order valence-corrected chi connectivity index (χ4v) is 8.05. The molecule has 0 N–H and O–H groups in total. The summed E-state index contributed by atoms with van der Waals surface area (Å²) >= 11 is 1.89. The topological polar surface area (TPSA) is 114 Å². The third kappa shape index (κ3) is 51.5. The van der Waals surface area contributed by atoms with E-state index in [2.05, 4.69) is 278 Å². The van der Waals surface area contributed by atoms with Crippen molar-refractivity contribution in [1.29, 1.82) is 5.26 Å². The molecule has 8 nitrogen and oxygen atoms in total. The van der Waals surface area contributed by atoms with Crippen LogP contribution in [0.1, 0.15) is 314 Å². The Morgan fingerprint density at radius 2 is 0.851 bits per heavy atom. The first kappa shape index (κ1) is 98.9. The lowest BCUT2D eigenvalue weighted by Crippen LogP contribution is -2.16. The summed E-state index contributed by atoms with van der Waals surface area (Å²) in [6.45, 7) is 78.6. The molecule has 6 heterocycles. The van der Waals surface area contributed by atoms with Crippen molar-refractivity contribution in [1.82, 2.24) is 29.9 Å². The van der Waals surface area contributed by atoms with Crippen LogP contribution in [0, 0.1) is 60.2 Å². The summed E-state index contributed by atoms with van der Waals surface area (Å²) in [5, 5.41) is 8.15. The minimum absolute atomic E-state index is 0.0938. The summed E-state index contributed by atoms with van der Waals surface area (Å²) in [6, 6.07) is 24.0. The average Bonchev–Trinajstić information content (AvgIpc) is 1.85. The summed E-state index contributed by atoms with van der Waals surface area (Å²) in [7, 11) is 0. The van der Waals surface area contributed by atoms with Crippen LogP contribution >= 0.6 is 11.3 Å². The van der Waals surface area contributed by atoms with Crippen LogP contribution in [-0.2, 0) is 50.3 Å². The number of hydrogen-bond donors (Lipinski definition) is 0. The molecule has 101 heavy (non-hydrogen) atoms. The molecule has 1 aliphatic carbocycles.